The zero-order valence-corrected chi connectivity index (χ0v) is 17.6. The maximum absolute atomic E-state index is 13.0. The quantitative estimate of drug-likeness (QED) is 0.778. The predicted molar refractivity (Wildman–Crippen MR) is 111 cm³/mol. The number of piperidine rings is 1. The van der Waals surface area contributed by atoms with Gasteiger partial charge < -0.3 is 14.7 Å². The lowest BCUT2D eigenvalue weighted by Gasteiger charge is -2.30. The van der Waals surface area contributed by atoms with E-state index in [1.807, 2.05) is 0 Å². The molecule has 7 nitrogen and oxygen atoms in total. The summed E-state index contributed by atoms with van der Waals surface area (Å²) in [7, 11) is -2.31. The number of β-amino-alcohol motifs (C(OH)–C–C–N with tert-alkyl or cyclic N) is 1. The molecule has 0 unspecified atom stereocenters. The van der Waals surface area contributed by atoms with E-state index in [4.69, 9.17) is 4.74 Å². The molecule has 2 N–H and O–H groups in total. The minimum absolute atomic E-state index is 0.189. The molecular weight excluding hydrogens is 392 g/mol. The van der Waals surface area contributed by atoms with E-state index in [9.17, 15) is 18.3 Å². The molecule has 0 aromatic heterocycles. The van der Waals surface area contributed by atoms with Gasteiger partial charge in [0.1, 0.15) is 5.75 Å². The van der Waals surface area contributed by atoms with Crippen molar-refractivity contribution in [3.8, 4) is 5.75 Å². The number of carbonyl (C=O) groups is 1. The molecule has 156 valence electrons. The summed E-state index contributed by atoms with van der Waals surface area (Å²) in [5.41, 5.74) is 1.83. The van der Waals surface area contributed by atoms with Gasteiger partial charge in [-0.15, -0.1) is 0 Å². The van der Waals surface area contributed by atoms with Gasteiger partial charge in [-0.2, -0.15) is 0 Å². The van der Waals surface area contributed by atoms with E-state index in [1.54, 1.807) is 49.1 Å². The van der Waals surface area contributed by atoms with Crippen LogP contribution in [-0.4, -0.2) is 50.6 Å². The van der Waals surface area contributed by atoms with Gasteiger partial charge in [-0.3, -0.25) is 9.52 Å². The predicted octanol–water partition coefficient (Wildman–Crippen LogP) is 2.71. The summed E-state index contributed by atoms with van der Waals surface area (Å²) in [6, 6.07) is 9.75. The number of ether oxygens (including phenoxy) is 1. The Morgan fingerprint density at radius 2 is 1.90 bits per heavy atom. The van der Waals surface area contributed by atoms with Crippen LogP contribution >= 0.6 is 0 Å². The van der Waals surface area contributed by atoms with E-state index >= 15 is 0 Å². The molecule has 1 atom stereocenters. The van der Waals surface area contributed by atoms with E-state index < -0.39 is 16.1 Å². The van der Waals surface area contributed by atoms with E-state index in [1.165, 1.54) is 13.2 Å². The number of aliphatic hydroxyl groups excluding tert-OH is 1. The lowest BCUT2D eigenvalue weighted by molar-refractivity contribution is 0.0474. The Morgan fingerprint density at radius 3 is 2.52 bits per heavy atom. The van der Waals surface area contributed by atoms with Gasteiger partial charge in [-0.25, -0.2) is 8.42 Å². The van der Waals surface area contributed by atoms with Gasteiger partial charge in [-0.1, -0.05) is 6.07 Å². The lowest BCUT2D eigenvalue weighted by atomic mass is 10.1. The molecule has 1 aliphatic rings. The van der Waals surface area contributed by atoms with Crippen LogP contribution in [0.3, 0.4) is 0 Å². The second-order valence-corrected chi connectivity index (χ2v) is 8.94. The van der Waals surface area contributed by atoms with E-state index in [-0.39, 0.29) is 10.8 Å². The van der Waals surface area contributed by atoms with Crippen LogP contribution in [0.25, 0.3) is 0 Å². The Bertz CT molecular complexity index is 996. The van der Waals surface area contributed by atoms with Crippen molar-refractivity contribution >= 4 is 21.6 Å². The number of aryl methyl sites for hydroxylation is 2. The molecule has 0 radical (unpaired) electrons. The van der Waals surface area contributed by atoms with Crippen molar-refractivity contribution in [2.24, 2.45) is 0 Å². The highest BCUT2D eigenvalue weighted by Gasteiger charge is 2.24. The smallest absolute Gasteiger partial charge is 0.262 e. The molecule has 3 rings (SSSR count). The Morgan fingerprint density at radius 1 is 1.21 bits per heavy atom. The molecule has 0 bridgehead atoms. The van der Waals surface area contributed by atoms with Gasteiger partial charge in [0, 0.05) is 24.3 Å². The zero-order valence-electron chi connectivity index (χ0n) is 16.8. The number of hydrogen-bond donors (Lipinski definition) is 2. The third-order valence-electron chi connectivity index (χ3n) is 4.98. The van der Waals surface area contributed by atoms with Crippen LogP contribution in [0.1, 0.15) is 34.3 Å². The topological polar surface area (TPSA) is 95.9 Å². The van der Waals surface area contributed by atoms with Crippen molar-refractivity contribution in [3.63, 3.8) is 0 Å². The largest absolute Gasteiger partial charge is 0.497 e. The third-order valence-corrected chi connectivity index (χ3v) is 6.67. The molecule has 0 aliphatic carbocycles. The second-order valence-electron chi connectivity index (χ2n) is 7.32. The van der Waals surface area contributed by atoms with Crippen molar-refractivity contribution in [1.82, 2.24) is 4.90 Å². The number of nitrogens with zero attached hydrogens (tertiary/aromatic N) is 1. The van der Waals surface area contributed by atoms with E-state index in [2.05, 4.69) is 4.72 Å². The number of benzene rings is 2. The minimum atomic E-state index is -3.85. The van der Waals surface area contributed by atoms with Crippen molar-refractivity contribution in [3.05, 3.63) is 53.1 Å². The monoisotopic (exact) mass is 418 g/mol. The van der Waals surface area contributed by atoms with Crippen LogP contribution in [0.15, 0.2) is 41.3 Å². The van der Waals surface area contributed by atoms with E-state index in [0.29, 0.717) is 47.6 Å². The number of likely N-dealkylation sites (tertiary alicyclic amines) is 1. The molecule has 2 aromatic carbocycles. The first-order valence-corrected chi connectivity index (χ1v) is 10.9. The summed E-state index contributed by atoms with van der Waals surface area (Å²) in [5.74, 6) is 0.372. The maximum Gasteiger partial charge on any atom is 0.262 e. The number of methoxy groups -OCH3 is 1. The average Bonchev–Trinajstić information content (AvgIpc) is 2.66. The highest BCUT2D eigenvalue weighted by atomic mass is 32.2. The van der Waals surface area contributed by atoms with Gasteiger partial charge in [0.15, 0.2) is 0 Å². The first kappa shape index (κ1) is 21.1. The number of sulfonamides is 1. The summed E-state index contributed by atoms with van der Waals surface area (Å²) in [4.78, 5) is 14.5. The van der Waals surface area contributed by atoms with Crippen LogP contribution in [-0.2, 0) is 10.0 Å². The van der Waals surface area contributed by atoms with Crippen molar-refractivity contribution in [1.29, 1.82) is 0 Å². The first-order valence-electron chi connectivity index (χ1n) is 9.46. The summed E-state index contributed by atoms with van der Waals surface area (Å²) in [6.45, 7) is 4.30. The molecule has 2 aromatic rings. The summed E-state index contributed by atoms with van der Waals surface area (Å²) < 4.78 is 33.7. The van der Waals surface area contributed by atoms with Gasteiger partial charge in [0.25, 0.3) is 15.9 Å². The van der Waals surface area contributed by atoms with Crippen molar-refractivity contribution < 1.29 is 23.1 Å². The van der Waals surface area contributed by atoms with Crippen LogP contribution < -0.4 is 9.46 Å². The number of hydrogen-bond acceptors (Lipinski definition) is 5. The minimum Gasteiger partial charge on any atom is -0.497 e. The molecule has 1 amide bonds. The number of amides is 1. The summed E-state index contributed by atoms with van der Waals surface area (Å²) >= 11 is 0. The fourth-order valence-corrected chi connectivity index (χ4v) is 5.20. The van der Waals surface area contributed by atoms with Gasteiger partial charge >= 0.3 is 0 Å². The van der Waals surface area contributed by atoms with Gasteiger partial charge in [0.2, 0.25) is 0 Å². The molecule has 8 heteroatoms. The average molecular weight is 419 g/mol. The van der Waals surface area contributed by atoms with Crippen LogP contribution in [0.4, 0.5) is 5.69 Å². The van der Waals surface area contributed by atoms with Gasteiger partial charge in [-0.05, 0) is 68.1 Å². The number of anilines is 1. The number of rotatable bonds is 5. The van der Waals surface area contributed by atoms with E-state index in [0.717, 1.165) is 6.42 Å². The molecule has 0 saturated carbocycles. The SMILES string of the molecule is COc1cc(C)c(S(=O)(=O)Nc2cccc(C(=O)N3CCC[C@@H](O)C3)c2)c(C)c1. The number of nitrogens with one attached hydrogen (secondary N) is 1. The molecular formula is C21H26N2O5S. The lowest BCUT2D eigenvalue weighted by Crippen LogP contribution is -2.42. The van der Waals surface area contributed by atoms with Crippen LogP contribution in [0, 0.1) is 13.8 Å². The number of carbonyl (C=O) groups excluding carboxylic acids is 1. The summed E-state index contributed by atoms with van der Waals surface area (Å²) in [6.07, 6.45) is 0.912. The molecule has 1 heterocycles. The Labute approximate surface area is 171 Å². The Hall–Kier alpha value is -2.58. The highest BCUT2D eigenvalue weighted by Crippen LogP contribution is 2.28. The summed E-state index contributed by atoms with van der Waals surface area (Å²) in [5, 5.41) is 9.80. The van der Waals surface area contributed by atoms with Gasteiger partial charge in [0.05, 0.1) is 18.1 Å². The van der Waals surface area contributed by atoms with Crippen molar-refractivity contribution in [2.75, 3.05) is 24.9 Å². The third kappa shape index (κ3) is 4.71. The Kier molecular flexibility index (Phi) is 6.14. The molecule has 1 fully saturated rings. The normalized spacial score (nSPS) is 17.1. The molecule has 1 aliphatic heterocycles. The number of aliphatic hydroxyl groups is 1. The Balaban J connectivity index is 1.85. The maximum atomic E-state index is 13.0. The van der Waals surface area contributed by atoms with Crippen LogP contribution in [0.2, 0.25) is 0 Å². The first-order chi connectivity index (χ1) is 13.7. The molecule has 0 spiro atoms. The molecule has 1 saturated heterocycles. The second kappa shape index (κ2) is 8.42. The molecule has 29 heavy (non-hydrogen) atoms. The highest BCUT2D eigenvalue weighted by molar-refractivity contribution is 7.92. The van der Waals surface area contributed by atoms with Crippen molar-refractivity contribution in [2.45, 2.75) is 37.7 Å². The fourth-order valence-electron chi connectivity index (χ4n) is 3.70. The van der Waals surface area contributed by atoms with Crippen LogP contribution in [0.5, 0.6) is 5.75 Å². The zero-order chi connectivity index (χ0) is 21.2. The standard InChI is InChI=1S/C21H26N2O5S/c1-14-10-19(28-3)11-15(2)20(14)29(26,27)22-17-7-4-6-16(12-17)21(25)23-9-5-8-18(24)13-23/h4,6-7,10-12,18,22,24H,5,8-9,13H2,1-3H3/t18-/m1/s1. The fraction of sp³-hybridized carbons (Fsp3) is 0.381.